The molecule has 0 spiro atoms. The van der Waals surface area contributed by atoms with E-state index >= 15 is 0 Å². The van der Waals surface area contributed by atoms with Crippen LogP contribution in [0.25, 0.3) is 0 Å². The molecule has 0 atom stereocenters. The summed E-state index contributed by atoms with van der Waals surface area (Å²) in [4.78, 5) is 0. The summed E-state index contributed by atoms with van der Waals surface area (Å²) in [5.74, 6) is 3.91. The highest BCUT2D eigenvalue weighted by atomic mass is 16.5. The lowest BCUT2D eigenvalue weighted by Crippen LogP contribution is -2.25. The molecule has 1 nitrogen and oxygen atoms in total. The summed E-state index contributed by atoms with van der Waals surface area (Å²) in [5, 5.41) is 0. The van der Waals surface area contributed by atoms with Crippen molar-refractivity contribution < 1.29 is 4.74 Å². The first-order chi connectivity index (χ1) is 10.8. The topological polar surface area (TPSA) is 9.23 Å². The normalized spacial score (nSPS) is 33.1. The van der Waals surface area contributed by atoms with Crippen molar-refractivity contribution in [1.29, 1.82) is 0 Å². The molecule has 2 aliphatic carbocycles. The standard InChI is InChI=1S/C21H36O/c1-3-4-5-7-18-9-13-20(14-10-18)21-15-11-19(12-16-21)8-6-17-22-2/h3,6,8,18-21H,1,4-5,7,9-17H2,2H3/b8-6+/t18-,19-,20-,21-. The molecule has 2 fully saturated rings. The zero-order valence-corrected chi connectivity index (χ0v) is 14.6. The third kappa shape index (κ3) is 5.91. The number of unbranched alkanes of at least 4 members (excludes halogenated alkanes) is 1. The Balaban J connectivity index is 1.63. The van der Waals surface area contributed by atoms with Crippen LogP contribution in [0.2, 0.25) is 0 Å². The van der Waals surface area contributed by atoms with Gasteiger partial charge in [0.05, 0.1) is 6.61 Å². The van der Waals surface area contributed by atoms with E-state index < -0.39 is 0 Å². The second-order valence-electron chi connectivity index (χ2n) is 7.56. The molecule has 0 saturated heterocycles. The molecule has 22 heavy (non-hydrogen) atoms. The van der Waals surface area contributed by atoms with Crippen LogP contribution in [0, 0.1) is 23.7 Å². The molecule has 0 aromatic rings. The van der Waals surface area contributed by atoms with Gasteiger partial charge >= 0.3 is 0 Å². The van der Waals surface area contributed by atoms with Gasteiger partial charge in [0.25, 0.3) is 0 Å². The summed E-state index contributed by atoms with van der Waals surface area (Å²) < 4.78 is 5.10. The lowest BCUT2D eigenvalue weighted by molar-refractivity contribution is 0.151. The minimum absolute atomic E-state index is 0.774. The van der Waals surface area contributed by atoms with Gasteiger partial charge in [0.1, 0.15) is 0 Å². The van der Waals surface area contributed by atoms with E-state index in [4.69, 9.17) is 4.74 Å². The zero-order valence-electron chi connectivity index (χ0n) is 14.6. The van der Waals surface area contributed by atoms with Gasteiger partial charge in [-0.2, -0.15) is 0 Å². The average molecular weight is 305 g/mol. The Kier molecular flexibility index (Phi) is 8.30. The lowest BCUT2D eigenvalue weighted by Gasteiger charge is -2.37. The van der Waals surface area contributed by atoms with Crippen molar-refractivity contribution >= 4 is 0 Å². The molecule has 0 amide bonds. The Morgan fingerprint density at radius 3 is 2.18 bits per heavy atom. The van der Waals surface area contributed by atoms with Crippen molar-refractivity contribution in [2.75, 3.05) is 13.7 Å². The fraction of sp³-hybridized carbons (Fsp3) is 0.810. The van der Waals surface area contributed by atoms with Gasteiger partial charge in [-0.15, -0.1) is 6.58 Å². The number of ether oxygens (including phenoxy) is 1. The number of hydrogen-bond acceptors (Lipinski definition) is 1. The van der Waals surface area contributed by atoms with Crippen LogP contribution >= 0.6 is 0 Å². The summed E-state index contributed by atoms with van der Waals surface area (Å²) in [6.07, 6.45) is 22.4. The molecular formula is C21H36O. The first-order valence-electron chi connectivity index (χ1n) is 9.60. The quantitative estimate of drug-likeness (QED) is 0.385. The minimum Gasteiger partial charge on any atom is -0.381 e. The van der Waals surface area contributed by atoms with Crippen LogP contribution in [0.15, 0.2) is 24.8 Å². The molecule has 1 heteroatoms. The molecule has 2 rings (SSSR count). The smallest absolute Gasteiger partial charge is 0.0643 e. The van der Waals surface area contributed by atoms with E-state index in [1.165, 1.54) is 70.6 Å². The van der Waals surface area contributed by atoms with Gasteiger partial charge in [-0.1, -0.05) is 37.5 Å². The Morgan fingerprint density at radius 1 is 0.955 bits per heavy atom. The van der Waals surface area contributed by atoms with E-state index in [1.807, 2.05) is 0 Å². The average Bonchev–Trinajstić information content (AvgIpc) is 2.57. The molecule has 0 bridgehead atoms. The van der Waals surface area contributed by atoms with Gasteiger partial charge in [-0.05, 0) is 75.0 Å². The minimum atomic E-state index is 0.774. The fourth-order valence-corrected chi connectivity index (χ4v) is 4.65. The van der Waals surface area contributed by atoms with Crippen molar-refractivity contribution in [2.24, 2.45) is 23.7 Å². The predicted molar refractivity (Wildman–Crippen MR) is 96.0 cm³/mol. The van der Waals surface area contributed by atoms with Gasteiger partial charge in [0.15, 0.2) is 0 Å². The largest absolute Gasteiger partial charge is 0.381 e. The second-order valence-corrected chi connectivity index (χ2v) is 7.56. The van der Waals surface area contributed by atoms with Gasteiger partial charge in [0.2, 0.25) is 0 Å². The Labute approximate surface area is 138 Å². The molecular weight excluding hydrogens is 268 g/mol. The number of rotatable bonds is 8. The molecule has 0 N–H and O–H groups in total. The maximum atomic E-state index is 5.10. The predicted octanol–water partition coefficient (Wildman–Crippen LogP) is 6.16. The first kappa shape index (κ1) is 17.8. The fourth-order valence-electron chi connectivity index (χ4n) is 4.65. The van der Waals surface area contributed by atoms with Crippen molar-refractivity contribution in [3.05, 3.63) is 24.8 Å². The van der Waals surface area contributed by atoms with Crippen molar-refractivity contribution in [2.45, 2.75) is 70.6 Å². The summed E-state index contributed by atoms with van der Waals surface area (Å²) >= 11 is 0. The number of allylic oxidation sites excluding steroid dienone is 2. The number of methoxy groups -OCH3 is 1. The molecule has 2 aliphatic rings. The van der Waals surface area contributed by atoms with Crippen LogP contribution < -0.4 is 0 Å². The number of hydrogen-bond donors (Lipinski definition) is 0. The Bertz CT molecular complexity index is 317. The first-order valence-corrected chi connectivity index (χ1v) is 9.60. The molecule has 0 aromatic heterocycles. The van der Waals surface area contributed by atoms with Gasteiger partial charge in [0, 0.05) is 7.11 Å². The summed E-state index contributed by atoms with van der Waals surface area (Å²) in [6.45, 7) is 4.61. The van der Waals surface area contributed by atoms with Crippen LogP contribution in [-0.2, 0) is 4.74 Å². The van der Waals surface area contributed by atoms with Crippen LogP contribution in [0.3, 0.4) is 0 Å². The van der Waals surface area contributed by atoms with Gasteiger partial charge in [-0.25, -0.2) is 0 Å². The lowest BCUT2D eigenvalue weighted by atomic mass is 9.68. The molecule has 0 heterocycles. The zero-order chi connectivity index (χ0) is 15.6. The molecule has 0 aliphatic heterocycles. The third-order valence-corrected chi connectivity index (χ3v) is 6.07. The summed E-state index contributed by atoms with van der Waals surface area (Å²) in [7, 11) is 1.77. The maximum Gasteiger partial charge on any atom is 0.0643 e. The van der Waals surface area contributed by atoms with Crippen LogP contribution in [0.5, 0.6) is 0 Å². The summed E-state index contributed by atoms with van der Waals surface area (Å²) in [6, 6.07) is 0. The molecule has 2 saturated carbocycles. The Morgan fingerprint density at radius 2 is 1.59 bits per heavy atom. The molecule has 0 radical (unpaired) electrons. The SMILES string of the molecule is C=CCCC[C@H]1CC[C@H]([C@H]2CC[C@H](/C=C/COC)CC2)CC1. The van der Waals surface area contributed by atoms with Crippen molar-refractivity contribution in [3.63, 3.8) is 0 Å². The van der Waals surface area contributed by atoms with Crippen LogP contribution in [0.1, 0.15) is 70.6 Å². The highest BCUT2D eigenvalue weighted by molar-refractivity contribution is 4.92. The maximum absolute atomic E-state index is 5.10. The monoisotopic (exact) mass is 304 g/mol. The second kappa shape index (κ2) is 10.3. The van der Waals surface area contributed by atoms with Crippen LogP contribution in [0.4, 0.5) is 0 Å². The van der Waals surface area contributed by atoms with E-state index in [2.05, 4.69) is 24.8 Å². The van der Waals surface area contributed by atoms with E-state index in [1.54, 1.807) is 7.11 Å². The van der Waals surface area contributed by atoms with E-state index in [0.717, 1.165) is 30.3 Å². The van der Waals surface area contributed by atoms with Crippen molar-refractivity contribution in [3.8, 4) is 0 Å². The van der Waals surface area contributed by atoms with E-state index in [9.17, 15) is 0 Å². The highest BCUT2D eigenvalue weighted by Gasteiger charge is 2.30. The van der Waals surface area contributed by atoms with Gasteiger partial charge < -0.3 is 4.74 Å². The van der Waals surface area contributed by atoms with Crippen LogP contribution in [-0.4, -0.2) is 13.7 Å². The molecule has 126 valence electrons. The van der Waals surface area contributed by atoms with Crippen molar-refractivity contribution in [1.82, 2.24) is 0 Å². The molecule has 0 unspecified atom stereocenters. The third-order valence-electron chi connectivity index (χ3n) is 6.07. The summed E-state index contributed by atoms with van der Waals surface area (Å²) in [5.41, 5.74) is 0. The highest BCUT2D eigenvalue weighted by Crippen LogP contribution is 2.42. The Hall–Kier alpha value is -0.560. The van der Waals surface area contributed by atoms with E-state index in [-0.39, 0.29) is 0 Å². The van der Waals surface area contributed by atoms with E-state index in [0.29, 0.717) is 0 Å². The molecule has 0 aromatic carbocycles. The van der Waals surface area contributed by atoms with Gasteiger partial charge in [-0.3, -0.25) is 0 Å².